The molecule has 2 aromatic rings. The molecular weight excluding hydrogens is 259 g/mol. The molecule has 0 heterocycles. The first-order valence-electron chi connectivity index (χ1n) is 4.28. The van der Waals surface area contributed by atoms with Crippen LogP contribution in [0.15, 0.2) is 53.0 Å². The van der Waals surface area contributed by atoms with E-state index >= 15 is 0 Å². The van der Waals surface area contributed by atoms with Crippen LogP contribution in [0.1, 0.15) is 0 Å². The van der Waals surface area contributed by atoms with Crippen LogP contribution >= 0.6 is 27.5 Å². The average molecular weight is 268 g/mol. The summed E-state index contributed by atoms with van der Waals surface area (Å²) in [6, 6.07) is 16.0. The number of halogens is 2. The van der Waals surface area contributed by atoms with Crippen LogP contribution in [0.25, 0.3) is 11.1 Å². The van der Waals surface area contributed by atoms with Crippen LogP contribution < -0.4 is 0 Å². The van der Waals surface area contributed by atoms with Gasteiger partial charge < -0.3 is 0 Å². The van der Waals surface area contributed by atoms with Gasteiger partial charge in [-0.25, -0.2) is 0 Å². The van der Waals surface area contributed by atoms with Crippen LogP contribution in [-0.4, -0.2) is 0 Å². The molecule has 0 aliphatic carbocycles. The number of benzene rings is 2. The average Bonchev–Trinajstić information content (AvgIpc) is 2.23. The predicted octanol–water partition coefficient (Wildman–Crippen LogP) is 4.77. The minimum absolute atomic E-state index is 0.757. The predicted molar refractivity (Wildman–Crippen MR) is 64.6 cm³/mol. The van der Waals surface area contributed by atoms with E-state index in [1.54, 1.807) is 0 Å². The fourth-order valence-electron chi connectivity index (χ4n) is 1.34. The molecule has 0 radical (unpaired) electrons. The summed E-state index contributed by atoms with van der Waals surface area (Å²) in [5, 5.41) is 0.757. The Morgan fingerprint density at radius 1 is 0.929 bits per heavy atom. The van der Waals surface area contributed by atoms with Gasteiger partial charge in [0.05, 0.1) is 0 Å². The van der Waals surface area contributed by atoms with E-state index in [4.69, 9.17) is 11.6 Å². The van der Waals surface area contributed by atoms with Gasteiger partial charge in [0.15, 0.2) is 0 Å². The summed E-state index contributed by atoms with van der Waals surface area (Å²) >= 11 is 9.45. The smallest absolute Gasteiger partial charge is 0.0412 e. The molecule has 70 valence electrons. The summed E-state index contributed by atoms with van der Waals surface area (Å²) < 4.78 is 1.06. The zero-order valence-corrected chi connectivity index (χ0v) is 9.72. The Labute approximate surface area is 96.7 Å². The molecule has 0 amide bonds. The van der Waals surface area contributed by atoms with Crippen LogP contribution in [0.3, 0.4) is 0 Å². The van der Waals surface area contributed by atoms with Gasteiger partial charge >= 0.3 is 0 Å². The van der Waals surface area contributed by atoms with Crippen molar-refractivity contribution >= 4 is 27.5 Å². The Kier molecular flexibility index (Phi) is 2.90. The highest BCUT2D eigenvalue weighted by Gasteiger charge is 2.02. The van der Waals surface area contributed by atoms with Crippen LogP contribution in [0.4, 0.5) is 0 Å². The van der Waals surface area contributed by atoms with Crippen molar-refractivity contribution in [1.29, 1.82) is 0 Å². The fraction of sp³-hybridized carbons (Fsp3) is 0. The van der Waals surface area contributed by atoms with Gasteiger partial charge in [-0.15, -0.1) is 0 Å². The summed E-state index contributed by atoms with van der Waals surface area (Å²) in [6.07, 6.45) is 0. The third kappa shape index (κ3) is 1.99. The Morgan fingerprint density at radius 3 is 2.36 bits per heavy atom. The Hall–Kier alpha value is -0.790. The van der Waals surface area contributed by atoms with E-state index in [9.17, 15) is 0 Å². The first kappa shape index (κ1) is 9.75. The van der Waals surface area contributed by atoms with E-state index < -0.39 is 0 Å². The van der Waals surface area contributed by atoms with Crippen LogP contribution in [0, 0.1) is 0 Å². The third-order valence-corrected chi connectivity index (χ3v) is 2.94. The van der Waals surface area contributed by atoms with Crippen molar-refractivity contribution in [2.45, 2.75) is 0 Å². The van der Waals surface area contributed by atoms with E-state index in [-0.39, 0.29) is 0 Å². The lowest BCUT2D eigenvalue weighted by atomic mass is 10.1. The minimum Gasteiger partial charge on any atom is -0.0843 e. The quantitative estimate of drug-likeness (QED) is 0.698. The Bertz CT molecular complexity index is 437. The van der Waals surface area contributed by atoms with Crippen LogP contribution in [-0.2, 0) is 0 Å². The van der Waals surface area contributed by atoms with Crippen molar-refractivity contribution in [2.24, 2.45) is 0 Å². The van der Waals surface area contributed by atoms with E-state index in [1.165, 1.54) is 5.56 Å². The van der Waals surface area contributed by atoms with Crippen LogP contribution in [0.5, 0.6) is 0 Å². The lowest BCUT2D eigenvalue weighted by Crippen LogP contribution is -1.78. The summed E-state index contributed by atoms with van der Waals surface area (Å²) in [6.45, 7) is 0. The molecule has 0 aromatic heterocycles. The largest absolute Gasteiger partial charge is 0.0843 e. The fourth-order valence-corrected chi connectivity index (χ4v) is 1.98. The third-order valence-electron chi connectivity index (χ3n) is 2.01. The van der Waals surface area contributed by atoms with Crippen molar-refractivity contribution < 1.29 is 0 Å². The van der Waals surface area contributed by atoms with Crippen molar-refractivity contribution in [3.8, 4) is 11.1 Å². The van der Waals surface area contributed by atoms with Crippen LogP contribution in [0.2, 0.25) is 5.02 Å². The number of hydrogen-bond donors (Lipinski definition) is 0. The monoisotopic (exact) mass is 266 g/mol. The summed E-state index contributed by atoms with van der Waals surface area (Å²) in [5.74, 6) is 0. The molecule has 0 saturated carbocycles. The van der Waals surface area contributed by atoms with Gasteiger partial charge in [-0.1, -0.05) is 57.9 Å². The molecule has 0 N–H and O–H groups in total. The van der Waals surface area contributed by atoms with E-state index in [2.05, 4.69) is 28.1 Å². The zero-order chi connectivity index (χ0) is 9.97. The summed E-state index contributed by atoms with van der Waals surface area (Å²) in [4.78, 5) is 0. The molecular formula is C12H8BrCl. The molecule has 0 aliphatic heterocycles. The Balaban J connectivity index is 2.57. The lowest BCUT2D eigenvalue weighted by Gasteiger charge is -2.04. The highest BCUT2D eigenvalue weighted by atomic mass is 79.9. The lowest BCUT2D eigenvalue weighted by molar-refractivity contribution is 1.58. The van der Waals surface area contributed by atoms with E-state index in [1.807, 2.05) is 36.4 Å². The molecule has 0 aliphatic rings. The maximum atomic E-state index is 5.95. The van der Waals surface area contributed by atoms with Gasteiger partial charge in [-0.3, -0.25) is 0 Å². The summed E-state index contributed by atoms with van der Waals surface area (Å²) in [7, 11) is 0. The maximum absolute atomic E-state index is 5.95. The second kappa shape index (κ2) is 4.16. The second-order valence-corrected chi connectivity index (χ2v) is 4.28. The van der Waals surface area contributed by atoms with Gasteiger partial charge in [0, 0.05) is 9.50 Å². The normalized spacial score (nSPS) is 10.1. The van der Waals surface area contributed by atoms with Gasteiger partial charge in [0.2, 0.25) is 0 Å². The van der Waals surface area contributed by atoms with Gasteiger partial charge in [0.1, 0.15) is 0 Å². The van der Waals surface area contributed by atoms with Gasteiger partial charge in [-0.2, -0.15) is 0 Å². The number of rotatable bonds is 1. The molecule has 0 unspecified atom stereocenters. The van der Waals surface area contributed by atoms with Crippen molar-refractivity contribution in [1.82, 2.24) is 0 Å². The Morgan fingerprint density at radius 2 is 1.64 bits per heavy atom. The molecule has 14 heavy (non-hydrogen) atoms. The molecule has 0 fully saturated rings. The molecule has 0 bridgehead atoms. The van der Waals surface area contributed by atoms with Gasteiger partial charge in [0.25, 0.3) is 0 Å². The second-order valence-electron chi connectivity index (χ2n) is 2.99. The van der Waals surface area contributed by atoms with Gasteiger partial charge in [-0.05, 0) is 29.3 Å². The molecule has 0 saturated heterocycles. The molecule has 2 heteroatoms. The van der Waals surface area contributed by atoms with Crippen molar-refractivity contribution in [3.63, 3.8) is 0 Å². The maximum Gasteiger partial charge on any atom is 0.0412 e. The highest BCUT2D eigenvalue weighted by molar-refractivity contribution is 9.10. The van der Waals surface area contributed by atoms with Crippen molar-refractivity contribution in [3.05, 3.63) is 58.0 Å². The SMILES string of the molecule is Clc1ccc(Br)c(-c2ccccc2)c1. The molecule has 2 aromatic carbocycles. The summed E-state index contributed by atoms with van der Waals surface area (Å²) in [5.41, 5.74) is 2.29. The minimum atomic E-state index is 0.757. The van der Waals surface area contributed by atoms with E-state index in [0.29, 0.717) is 0 Å². The number of hydrogen-bond acceptors (Lipinski definition) is 0. The molecule has 0 nitrogen and oxygen atoms in total. The highest BCUT2D eigenvalue weighted by Crippen LogP contribution is 2.30. The first-order valence-corrected chi connectivity index (χ1v) is 5.45. The standard InChI is InChI=1S/C12H8BrCl/c13-12-7-6-10(14)8-11(12)9-4-2-1-3-5-9/h1-8H. The topological polar surface area (TPSA) is 0 Å². The molecule has 0 atom stereocenters. The zero-order valence-electron chi connectivity index (χ0n) is 7.37. The molecule has 0 spiro atoms. The van der Waals surface area contributed by atoms with Crippen molar-refractivity contribution in [2.75, 3.05) is 0 Å². The molecule has 2 rings (SSSR count). The van der Waals surface area contributed by atoms with E-state index in [0.717, 1.165) is 15.1 Å². The first-order chi connectivity index (χ1) is 6.77.